The monoisotopic (exact) mass is 1320 g/mol. The molecule has 0 aromatic carbocycles. The third-order valence-electron chi connectivity index (χ3n) is 16.7. The molecule has 1 saturated heterocycles. The molecular formula is C65H118N14O14. The zero-order valence-corrected chi connectivity index (χ0v) is 60.6. The van der Waals surface area contributed by atoms with E-state index in [4.69, 9.17) is 0 Å². The van der Waals surface area contributed by atoms with Crippen LogP contribution in [0.1, 0.15) is 163 Å². The minimum atomic E-state index is -1.61. The van der Waals surface area contributed by atoms with E-state index in [9.17, 15) is 58.0 Å². The van der Waals surface area contributed by atoms with Gasteiger partial charge in [0.25, 0.3) is 0 Å². The average molecular weight is 1320 g/mol. The van der Waals surface area contributed by atoms with Crippen molar-refractivity contribution >= 4 is 71.0 Å². The average Bonchev–Trinajstić information content (AvgIpc) is 0.817. The summed E-state index contributed by atoms with van der Waals surface area (Å²) in [6.45, 7) is 31.2. The van der Waals surface area contributed by atoms with Crippen molar-refractivity contribution in [1.29, 1.82) is 0 Å². The van der Waals surface area contributed by atoms with Crippen molar-refractivity contribution in [2.45, 2.75) is 230 Å². The molecule has 1 heterocycles. The van der Waals surface area contributed by atoms with Gasteiger partial charge in [0.1, 0.15) is 60.4 Å². The van der Waals surface area contributed by atoms with Crippen molar-refractivity contribution in [3.63, 3.8) is 0 Å². The number of rotatable bonds is 17. The molecule has 1 aliphatic heterocycles. The van der Waals surface area contributed by atoms with Crippen LogP contribution < -0.4 is 27.0 Å². The summed E-state index contributed by atoms with van der Waals surface area (Å²) in [4.78, 5) is 188. The van der Waals surface area contributed by atoms with Crippen LogP contribution in [-0.4, -0.2) is 244 Å². The van der Waals surface area contributed by atoms with E-state index in [0.29, 0.717) is 11.4 Å². The van der Waals surface area contributed by atoms with Crippen molar-refractivity contribution in [1.82, 2.24) is 60.6 Å². The molecule has 1 aliphatic rings. The van der Waals surface area contributed by atoms with Crippen LogP contribution in [0.25, 0.3) is 0 Å². The van der Waals surface area contributed by atoms with Crippen LogP contribution in [0, 0.1) is 46.3 Å². The van der Waals surface area contributed by atoms with Crippen LogP contribution in [0.5, 0.6) is 0 Å². The summed E-state index contributed by atoms with van der Waals surface area (Å²) in [5.41, 5.74) is 4.65. The number of amides is 13. The van der Waals surface area contributed by atoms with Gasteiger partial charge in [-0.2, -0.15) is 5.01 Å². The number of hydrogen-bond donors (Lipinski definition) is 6. The van der Waals surface area contributed by atoms with Gasteiger partial charge >= 0.3 is 6.03 Å². The number of aliphatic hydroxyl groups is 1. The number of hydrogen-bond acceptors (Lipinski definition) is 15. The summed E-state index contributed by atoms with van der Waals surface area (Å²) in [6, 6.07) is -13.1. The number of carbonyl (C=O) groups is 12. The van der Waals surface area contributed by atoms with Crippen molar-refractivity contribution in [2.24, 2.45) is 52.4 Å². The van der Waals surface area contributed by atoms with Crippen LogP contribution in [0.2, 0.25) is 0 Å². The second-order valence-electron chi connectivity index (χ2n) is 27.2. The molecule has 0 spiro atoms. The zero-order chi connectivity index (χ0) is 72.5. The molecule has 1 fully saturated rings. The van der Waals surface area contributed by atoms with E-state index in [1.165, 1.54) is 87.7 Å². The number of nitrogens with two attached hydrogens (primary N) is 1. The van der Waals surface area contributed by atoms with E-state index < -0.39 is 162 Å². The SMILES string of the molecule is C/C=C/C[C@@H](C)[C@@H](O)[C@H]1C(=O)N[C@@H](CC)C(=O)N(C)CC(=O)N(C)[C@@H](CC(C)C)C(=O)N[C@@H](C(C)C)C(=O)N(C)[C@@H](CC(C)C)C(=O)N[C@@H](C)C(=O)N[C@H](C)C(=O)N(C)[C@@H](CC(C)C)C(=O)N(C)[C@@H](CC(C)C)C(=O)N(C)[C@@H](C(C)C)C(=O)N1C.CCN(N=O)C(N)=O. The van der Waals surface area contributed by atoms with E-state index in [2.05, 4.69) is 32.3 Å². The molecule has 12 atom stereocenters. The van der Waals surface area contributed by atoms with Crippen LogP contribution >= 0.6 is 0 Å². The van der Waals surface area contributed by atoms with Gasteiger partial charge < -0.3 is 66.4 Å². The first-order valence-electron chi connectivity index (χ1n) is 32.7. The molecule has 0 aromatic heterocycles. The smallest absolute Gasteiger partial charge is 0.337 e. The molecule has 93 heavy (non-hydrogen) atoms. The van der Waals surface area contributed by atoms with Gasteiger partial charge in [0, 0.05) is 55.9 Å². The lowest BCUT2D eigenvalue weighted by molar-refractivity contribution is -0.157. The molecule has 0 aliphatic carbocycles. The standard InChI is InChI=1S/C62H111N11O12.C3H7N3O2/c1-25-27-28-40(15)52(75)51-56(79)65-43(26-2)58(81)67(18)33-48(74)68(19)44(29-34(3)4)55(78)66-49(38(11)12)61(84)69(20)45(30-35(5)6)54(77)63-41(16)53(76)64-42(17)57(80)70(21)46(31-36(7)8)59(82)71(22)47(32-37(9)10)60(83)72(23)50(39(13)14)62(85)73(51)24;1-2-6(5-8)3(4)7/h25,27,34-47,49-52,75H,26,28-33H2,1-24H3,(H,63,77)(H,64,76)(H,65,79)(H,66,78);2H2,1H3,(H2,4,7)/b27-25+;/t40-,41+,42-,43+,44+,45+,46+,47+,49+,50+,51+,52-;/m1./s1. The first-order valence-corrected chi connectivity index (χ1v) is 32.7. The largest absolute Gasteiger partial charge is 0.390 e. The van der Waals surface area contributed by atoms with Gasteiger partial charge in [0.15, 0.2) is 0 Å². The number of nitrogens with zero attached hydrogens (tertiary/aromatic N) is 9. The second-order valence-corrected chi connectivity index (χ2v) is 27.2. The summed E-state index contributed by atoms with van der Waals surface area (Å²) < 4.78 is 0. The molecule has 0 saturated carbocycles. The maximum absolute atomic E-state index is 15.1. The topological polar surface area (TPSA) is 355 Å². The number of urea groups is 1. The number of likely N-dealkylation sites (N-methyl/N-ethyl adjacent to an activating group) is 7. The number of carbonyl (C=O) groups excluding carboxylic acids is 12. The molecule has 13 amide bonds. The fraction of sp³-hybridized carbons (Fsp3) is 0.785. The third-order valence-corrected chi connectivity index (χ3v) is 16.7. The fourth-order valence-electron chi connectivity index (χ4n) is 10.9. The number of primary amides is 1. The lowest BCUT2D eigenvalue weighted by atomic mass is 9.91. The predicted octanol–water partition coefficient (Wildman–Crippen LogP) is 3.34. The highest BCUT2D eigenvalue weighted by molar-refractivity contribution is 5.99. The molecule has 0 radical (unpaired) electrons. The van der Waals surface area contributed by atoms with Gasteiger partial charge in [0.2, 0.25) is 65.0 Å². The number of allylic oxidation sites excluding steroid dienone is 2. The van der Waals surface area contributed by atoms with E-state index >= 15 is 9.59 Å². The Morgan fingerprint density at radius 1 is 0.538 bits per heavy atom. The number of nitrogens with one attached hydrogen (secondary N) is 4. The quantitative estimate of drug-likeness (QED) is 0.0692. The van der Waals surface area contributed by atoms with Gasteiger partial charge in [-0.1, -0.05) is 109 Å². The fourth-order valence-corrected chi connectivity index (χ4v) is 10.9. The molecule has 0 bridgehead atoms. The van der Waals surface area contributed by atoms with E-state index in [1.54, 1.807) is 61.5 Å². The highest BCUT2D eigenvalue weighted by Crippen LogP contribution is 2.26. The number of aliphatic hydroxyl groups excluding tert-OH is 1. The van der Waals surface area contributed by atoms with E-state index in [0.717, 1.165) is 9.80 Å². The molecule has 7 N–H and O–H groups in total. The Kier molecular flexibility index (Phi) is 37.0. The maximum Gasteiger partial charge on any atom is 0.337 e. The minimum Gasteiger partial charge on any atom is -0.390 e. The van der Waals surface area contributed by atoms with Gasteiger partial charge in [-0.05, 0) is 108 Å². The summed E-state index contributed by atoms with van der Waals surface area (Å²) in [5.74, 6) is -9.71. The van der Waals surface area contributed by atoms with Crippen molar-refractivity contribution in [2.75, 3.05) is 62.4 Å². The highest BCUT2D eigenvalue weighted by atomic mass is 16.3. The number of nitroso groups, excluding NO2 is 1. The van der Waals surface area contributed by atoms with Crippen LogP contribution in [0.3, 0.4) is 0 Å². The Bertz CT molecular complexity index is 2560. The van der Waals surface area contributed by atoms with E-state index in [1.807, 2.05) is 61.5 Å². The Morgan fingerprint density at radius 3 is 1.37 bits per heavy atom. The van der Waals surface area contributed by atoms with Gasteiger partial charge in [-0.3, -0.25) is 52.7 Å². The molecular weight excluding hydrogens is 1200 g/mol. The lowest BCUT2D eigenvalue weighted by Gasteiger charge is -2.41. The molecule has 1 rings (SSSR count). The Morgan fingerprint density at radius 2 is 0.957 bits per heavy atom. The first-order chi connectivity index (χ1) is 42.9. The molecule has 0 unspecified atom stereocenters. The van der Waals surface area contributed by atoms with Crippen LogP contribution in [0.15, 0.2) is 17.4 Å². The maximum atomic E-state index is 15.1. The van der Waals surface area contributed by atoms with E-state index in [-0.39, 0.29) is 62.3 Å². The summed E-state index contributed by atoms with van der Waals surface area (Å²) >= 11 is 0. The molecule has 532 valence electrons. The molecule has 28 nitrogen and oxygen atoms in total. The Hall–Kier alpha value is -7.26. The molecule has 0 aromatic rings. The van der Waals surface area contributed by atoms with Gasteiger partial charge in [-0.15, -0.1) is 4.91 Å². The first kappa shape index (κ1) is 85.7. The summed E-state index contributed by atoms with van der Waals surface area (Å²) in [7, 11) is 9.92. The second kappa shape index (κ2) is 40.1. The molecule has 28 heteroatoms. The Labute approximate surface area is 553 Å². The summed E-state index contributed by atoms with van der Waals surface area (Å²) in [6.07, 6.45) is 3.04. The van der Waals surface area contributed by atoms with Crippen molar-refractivity contribution in [3.05, 3.63) is 17.1 Å². The van der Waals surface area contributed by atoms with Gasteiger partial charge in [-0.25, -0.2) is 4.79 Å². The minimum absolute atomic E-state index is 0.0229. The van der Waals surface area contributed by atoms with Crippen LogP contribution in [0.4, 0.5) is 4.79 Å². The van der Waals surface area contributed by atoms with Crippen molar-refractivity contribution < 1.29 is 62.6 Å². The normalized spacial score (nSPS) is 25.3. The van der Waals surface area contributed by atoms with Crippen molar-refractivity contribution in [3.8, 4) is 0 Å². The Balaban J connectivity index is 0.00000985. The lowest BCUT2D eigenvalue weighted by Crippen LogP contribution is -2.63. The zero-order valence-electron chi connectivity index (χ0n) is 60.6. The summed E-state index contributed by atoms with van der Waals surface area (Å²) in [5, 5.41) is 26.0. The highest BCUT2D eigenvalue weighted by Gasteiger charge is 2.46. The van der Waals surface area contributed by atoms with Gasteiger partial charge in [0.05, 0.1) is 17.9 Å². The van der Waals surface area contributed by atoms with Crippen LogP contribution in [-0.2, 0) is 52.7 Å². The third kappa shape index (κ3) is 25.5. The predicted molar refractivity (Wildman–Crippen MR) is 356 cm³/mol.